The summed E-state index contributed by atoms with van der Waals surface area (Å²) in [6, 6.07) is 0. The molecule has 4 heteroatoms. The van der Waals surface area contributed by atoms with E-state index in [1.54, 1.807) is 0 Å². The summed E-state index contributed by atoms with van der Waals surface area (Å²) in [6.07, 6.45) is 7.88. The van der Waals surface area contributed by atoms with Crippen LogP contribution in [-0.2, 0) is 4.79 Å². The van der Waals surface area contributed by atoms with Crippen LogP contribution < -0.4 is 0 Å². The molecule has 9 atom stereocenters. The van der Waals surface area contributed by atoms with Crippen LogP contribution in [0.2, 0.25) is 0 Å². The molecule has 9 unspecified atom stereocenters. The number of ketones is 1. The molecule has 5 rings (SSSR count). The van der Waals surface area contributed by atoms with Gasteiger partial charge < -0.3 is 10.2 Å². The van der Waals surface area contributed by atoms with Crippen LogP contribution in [0.3, 0.4) is 0 Å². The summed E-state index contributed by atoms with van der Waals surface area (Å²) in [5, 5.41) is 19.7. The molecule has 2 N–H and O–H groups in total. The number of alkyl halides is 1. The van der Waals surface area contributed by atoms with E-state index < -0.39 is 11.8 Å². The number of halogens is 1. The van der Waals surface area contributed by atoms with Gasteiger partial charge in [-0.3, -0.25) is 4.79 Å². The number of Topliss-reactive ketones (excluding diaryl/α,β-unsaturated/α-hetero) is 1. The summed E-state index contributed by atoms with van der Waals surface area (Å²) in [4.78, 5) is 12.3. The fourth-order valence-corrected chi connectivity index (χ4v) is 7.72. The third kappa shape index (κ3) is 1.96. The first-order chi connectivity index (χ1) is 11.9. The van der Waals surface area contributed by atoms with E-state index >= 15 is 0 Å². The van der Waals surface area contributed by atoms with Crippen molar-refractivity contribution < 1.29 is 19.4 Å². The van der Waals surface area contributed by atoms with Crippen LogP contribution in [0.15, 0.2) is 11.6 Å². The van der Waals surface area contributed by atoms with Crippen LogP contribution in [-0.4, -0.2) is 34.4 Å². The van der Waals surface area contributed by atoms with Crippen LogP contribution in [0.5, 0.6) is 0 Å². The van der Waals surface area contributed by atoms with E-state index in [0.717, 1.165) is 38.5 Å². The Hall–Kier alpha value is -0.740. The highest BCUT2D eigenvalue weighted by molar-refractivity contribution is 5.83. The molecule has 3 nitrogen and oxygen atoms in total. The SMILES string of the molecule is CC12CCC3C4CCC5(O)C(F)C5C4=CCC3C1CCC2C(=O)CO. The van der Waals surface area contributed by atoms with Crippen molar-refractivity contribution in [2.24, 2.45) is 40.9 Å². The van der Waals surface area contributed by atoms with Crippen molar-refractivity contribution in [3.63, 3.8) is 0 Å². The predicted octanol–water partition coefficient (Wildman–Crippen LogP) is 3.05. The molecule has 4 fully saturated rings. The largest absolute Gasteiger partial charge is 0.389 e. The molecule has 4 saturated carbocycles. The molecule has 5 aliphatic rings. The van der Waals surface area contributed by atoms with Gasteiger partial charge in [0.2, 0.25) is 0 Å². The first-order valence-electron chi connectivity index (χ1n) is 10.1. The quantitative estimate of drug-likeness (QED) is 0.754. The molecule has 25 heavy (non-hydrogen) atoms. The molecule has 0 aromatic rings. The Morgan fingerprint density at radius 2 is 2.04 bits per heavy atom. The lowest BCUT2D eigenvalue weighted by atomic mass is 9.51. The summed E-state index contributed by atoms with van der Waals surface area (Å²) in [5.74, 6) is 1.99. The van der Waals surface area contributed by atoms with E-state index in [1.165, 1.54) is 5.57 Å². The van der Waals surface area contributed by atoms with E-state index in [9.17, 15) is 19.4 Å². The van der Waals surface area contributed by atoms with Gasteiger partial charge in [-0.25, -0.2) is 4.39 Å². The van der Waals surface area contributed by atoms with E-state index in [-0.39, 0.29) is 29.6 Å². The van der Waals surface area contributed by atoms with Gasteiger partial charge in [0.05, 0.1) is 0 Å². The lowest BCUT2D eigenvalue weighted by Crippen LogP contribution is -2.47. The van der Waals surface area contributed by atoms with Gasteiger partial charge in [0.15, 0.2) is 5.78 Å². The topological polar surface area (TPSA) is 57.5 Å². The van der Waals surface area contributed by atoms with Crippen LogP contribution in [0.4, 0.5) is 4.39 Å². The number of aliphatic hydroxyl groups is 2. The van der Waals surface area contributed by atoms with E-state index in [1.807, 2.05) is 0 Å². The summed E-state index contributed by atoms with van der Waals surface area (Å²) >= 11 is 0. The average Bonchev–Trinajstić information content (AvgIpc) is 2.98. The minimum absolute atomic E-state index is 0.0175. The van der Waals surface area contributed by atoms with E-state index in [2.05, 4.69) is 13.0 Å². The van der Waals surface area contributed by atoms with Gasteiger partial charge in [0.1, 0.15) is 18.4 Å². The molecule has 0 bridgehead atoms. The third-order valence-corrected chi connectivity index (χ3v) is 9.02. The molecule has 5 aliphatic carbocycles. The van der Waals surface area contributed by atoms with Gasteiger partial charge in [-0.1, -0.05) is 18.6 Å². The number of fused-ring (bicyclic) bond motifs is 7. The second-order valence-electron chi connectivity index (χ2n) is 9.69. The molecule has 0 radical (unpaired) electrons. The number of carbonyl (C=O) groups is 1. The van der Waals surface area contributed by atoms with Gasteiger partial charge >= 0.3 is 0 Å². The van der Waals surface area contributed by atoms with Crippen molar-refractivity contribution in [2.75, 3.05) is 6.61 Å². The van der Waals surface area contributed by atoms with Crippen LogP contribution in [0.1, 0.15) is 51.9 Å². The number of hydrogen-bond acceptors (Lipinski definition) is 3. The van der Waals surface area contributed by atoms with Gasteiger partial charge in [0.25, 0.3) is 0 Å². The summed E-state index contributed by atoms with van der Waals surface area (Å²) in [7, 11) is 0. The van der Waals surface area contributed by atoms with Gasteiger partial charge in [0, 0.05) is 11.8 Å². The molecule has 0 aromatic heterocycles. The first kappa shape index (κ1) is 16.4. The fraction of sp³-hybridized carbons (Fsp3) is 0.857. The minimum atomic E-state index is -1.05. The van der Waals surface area contributed by atoms with Crippen molar-refractivity contribution in [1.29, 1.82) is 0 Å². The van der Waals surface area contributed by atoms with E-state index in [4.69, 9.17) is 0 Å². The highest BCUT2D eigenvalue weighted by Crippen LogP contribution is 2.67. The molecule has 0 spiro atoms. The molecule has 0 aromatic carbocycles. The van der Waals surface area contributed by atoms with Gasteiger partial charge in [-0.05, 0) is 74.0 Å². The minimum Gasteiger partial charge on any atom is -0.389 e. The zero-order valence-corrected chi connectivity index (χ0v) is 15.0. The maximum Gasteiger partial charge on any atom is 0.161 e. The van der Waals surface area contributed by atoms with Crippen molar-refractivity contribution in [1.82, 2.24) is 0 Å². The summed E-state index contributed by atoms with van der Waals surface area (Å²) < 4.78 is 14.2. The number of hydrogen-bond donors (Lipinski definition) is 2. The Kier molecular flexibility index (Phi) is 3.39. The smallest absolute Gasteiger partial charge is 0.161 e. The maximum absolute atomic E-state index is 14.2. The Morgan fingerprint density at radius 1 is 1.24 bits per heavy atom. The number of aliphatic hydroxyl groups excluding tert-OH is 1. The lowest BCUT2D eigenvalue weighted by molar-refractivity contribution is -0.131. The molecule has 0 heterocycles. The van der Waals surface area contributed by atoms with E-state index in [0.29, 0.717) is 30.1 Å². The molecular weight excluding hydrogens is 319 g/mol. The molecule has 0 amide bonds. The zero-order chi connectivity index (χ0) is 17.6. The second kappa shape index (κ2) is 5.16. The van der Waals surface area contributed by atoms with Crippen molar-refractivity contribution in [3.8, 4) is 0 Å². The van der Waals surface area contributed by atoms with Crippen molar-refractivity contribution in [2.45, 2.75) is 63.6 Å². The fourth-order valence-electron chi connectivity index (χ4n) is 7.72. The van der Waals surface area contributed by atoms with Crippen LogP contribution in [0, 0.1) is 40.9 Å². The molecule has 0 aliphatic heterocycles. The number of carbonyl (C=O) groups excluding carboxylic acids is 1. The Morgan fingerprint density at radius 3 is 2.80 bits per heavy atom. The van der Waals surface area contributed by atoms with Gasteiger partial charge in [-0.15, -0.1) is 0 Å². The summed E-state index contributed by atoms with van der Waals surface area (Å²) in [6.45, 7) is 1.95. The van der Waals surface area contributed by atoms with Crippen LogP contribution in [0.25, 0.3) is 0 Å². The number of allylic oxidation sites excluding steroid dienone is 1. The first-order valence-corrected chi connectivity index (χ1v) is 10.1. The van der Waals surface area contributed by atoms with Crippen LogP contribution >= 0.6 is 0 Å². The maximum atomic E-state index is 14.2. The predicted molar refractivity (Wildman–Crippen MR) is 91.4 cm³/mol. The highest BCUT2D eigenvalue weighted by atomic mass is 19.1. The Balaban J connectivity index is 1.43. The normalized spacial score (nSPS) is 56.2. The highest BCUT2D eigenvalue weighted by Gasteiger charge is 2.70. The monoisotopic (exact) mass is 348 g/mol. The number of rotatable bonds is 2. The molecule has 0 saturated heterocycles. The van der Waals surface area contributed by atoms with Crippen molar-refractivity contribution in [3.05, 3.63) is 11.6 Å². The lowest BCUT2D eigenvalue weighted by Gasteiger charge is -2.53. The average molecular weight is 348 g/mol. The zero-order valence-electron chi connectivity index (χ0n) is 15.0. The third-order valence-electron chi connectivity index (χ3n) is 9.02. The Labute approximate surface area is 148 Å². The van der Waals surface area contributed by atoms with Crippen molar-refractivity contribution >= 4 is 5.78 Å². The molecule has 138 valence electrons. The van der Waals surface area contributed by atoms with Gasteiger partial charge in [-0.2, -0.15) is 0 Å². The second-order valence-corrected chi connectivity index (χ2v) is 9.69. The Bertz CT molecular complexity index is 645. The standard InChI is InChI=1S/C21H29FO3/c1-20-8-6-11-12-7-9-21(25)18(19(21)22)14(12)3-2-13(11)15(20)4-5-16(20)17(24)10-23/h3,11-13,15-16,18-19,23,25H,2,4-10H2,1H3. The molecular formula is C21H29FO3. The summed E-state index contributed by atoms with van der Waals surface area (Å²) in [5.41, 5.74) is 0.195.